The van der Waals surface area contributed by atoms with E-state index in [-0.39, 0.29) is 25.7 Å². The Morgan fingerprint density at radius 1 is 0.298 bits per heavy atom. The topological polar surface area (TPSA) is 237 Å². The smallest absolute Gasteiger partial charge is 0.462 e. The van der Waals surface area contributed by atoms with Gasteiger partial charge in [-0.15, -0.1) is 0 Å². The van der Waals surface area contributed by atoms with Crippen LogP contribution in [0.4, 0.5) is 0 Å². The second kappa shape index (κ2) is 64.4. The lowest BCUT2D eigenvalue weighted by Gasteiger charge is -2.21. The van der Waals surface area contributed by atoms with Crippen LogP contribution in [0.15, 0.2) is 0 Å². The Kier molecular flexibility index (Phi) is 63.1. The fourth-order valence-corrected chi connectivity index (χ4v) is 12.9. The molecule has 0 aromatic heterocycles. The molecule has 5 unspecified atom stereocenters. The van der Waals surface area contributed by atoms with Crippen LogP contribution in [0.25, 0.3) is 0 Å². The van der Waals surface area contributed by atoms with Crippen molar-refractivity contribution >= 4 is 39.5 Å². The first-order valence-corrected chi connectivity index (χ1v) is 41.8. The van der Waals surface area contributed by atoms with E-state index >= 15 is 0 Å². The van der Waals surface area contributed by atoms with Crippen LogP contribution in [-0.2, 0) is 65.4 Å². The molecule has 17 nitrogen and oxygen atoms in total. The highest BCUT2D eigenvalue weighted by molar-refractivity contribution is 7.47. The van der Waals surface area contributed by atoms with E-state index in [4.69, 9.17) is 37.0 Å². The zero-order valence-electron chi connectivity index (χ0n) is 61.6. The van der Waals surface area contributed by atoms with Crippen molar-refractivity contribution < 1.29 is 80.2 Å². The van der Waals surface area contributed by atoms with Crippen LogP contribution >= 0.6 is 15.6 Å². The lowest BCUT2D eigenvalue weighted by Crippen LogP contribution is -2.30. The quantitative estimate of drug-likeness (QED) is 0.0222. The summed E-state index contributed by atoms with van der Waals surface area (Å²) < 4.78 is 68.5. The summed E-state index contributed by atoms with van der Waals surface area (Å²) in [5.74, 6) is 0.944. The van der Waals surface area contributed by atoms with E-state index in [0.717, 1.165) is 114 Å². The summed E-state index contributed by atoms with van der Waals surface area (Å²) in [6.07, 6.45) is 48.6. The summed E-state index contributed by atoms with van der Waals surface area (Å²) in [6.45, 7) is 14.2. The number of phosphoric acid groups is 2. The number of hydrogen-bond donors (Lipinski definition) is 3. The van der Waals surface area contributed by atoms with Gasteiger partial charge in [-0.1, -0.05) is 325 Å². The van der Waals surface area contributed by atoms with Gasteiger partial charge in [-0.05, 0) is 49.4 Å². The number of hydrogen-bond acceptors (Lipinski definition) is 15. The van der Waals surface area contributed by atoms with Crippen molar-refractivity contribution in [2.75, 3.05) is 39.6 Å². The molecule has 558 valence electrons. The van der Waals surface area contributed by atoms with E-state index in [1.807, 2.05) is 0 Å². The molecule has 0 heterocycles. The number of unbranched alkanes of at least 4 members (excludes halogenated alkanes) is 36. The molecule has 0 rings (SSSR count). The minimum atomic E-state index is -4.96. The third-order valence-electron chi connectivity index (χ3n) is 18.0. The molecule has 19 heteroatoms. The standard InChI is InChI=1S/C75H146O17P2/c1-9-67(7)53-45-37-28-22-19-20-24-32-42-50-58-75(80)91-70(61-85-72(77)55-47-39-30-26-25-29-38-46-54-68(8)10-2)63-89-93(81,82)87-59-69(76)60-88-94(83,84)90-64-71(62-86-73(78)56-48-40-34-33-36-44-52-66(5)6)92-74(79)57-49-41-31-23-18-16-14-12-11-13-15-17-21-27-35-43-51-65(3)4/h65-71,76H,9-64H2,1-8H3,(H,81,82)(H,83,84)/t67?,68?,69?,70-,71-/m1/s1. The molecule has 0 saturated heterocycles. The Balaban J connectivity index is 5.22. The number of ether oxygens (including phenoxy) is 4. The van der Waals surface area contributed by atoms with Crippen molar-refractivity contribution in [2.24, 2.45) is 23.7 Å². The number of rotatable bonds is 72. The van der Waals surface area contributed by atoms with Crippen LogP contribution in [0, 0.1) is 23.7 Å². The number of carbonyl (C=O) groups excluding carboxylic acids is 4. The Labute approximate surface area is 575 Å². The molecule has 0 aliphatic heterocycles. The Morgan fingerprint density at radius 2 is 0.511 bits per heavy atom. The molecule has 0 spiro atoms. The van der Waals surface area contributed by atoms with Gasteiger partial charge in [0.25, 0.3) is 0 Å². The van der Waals surface area contributed by atoms with Gasteiger partial charge < -0.3 is 33.8 Å². The molecular weight excluding hydrogens is 1230 g/mol. The zero-order chi connectivity index (χ0) is 69.6. The van der Waals surface area contributed by atoms with Gasteiger partial charge in [-0.2, -0.15) is 0 Å². The molecule has 0 bridgehead atoms. The Hall–Kier alpha value is -1.94. The lowest BCUT2D eigenvalue weighted by atomic mass is 9.99. The predicted molar refractivity (Wildman–Crippen MR) is 381 cm³/mol. The molecule has 0 aromatic carbocycles. The van der Waals surface area contributed by atoms with Crippen molar-refractivity contribution in [1.82, 2.24) is 0 Å². The van der Waals surface area contributed by atoms with Crippen molar-refractivity contribution in [1.29, 1.82) is 0 Å². The largest absolute Gasteiger partial charge is 0.472 e. The number of aliphatic hydroxyl groups excluding tert-OH is 1. The van der Waals surface area contributed by atoms with Gasteiger partial charge in [0.1, 0.15) is 19.3 Å². The van der Waals surface area contributed by atoms with E-state index in [2.05, 4.69) is 55.4 Å². The third-order valence-corrected chi connectivity index (χ3v) is 19.9. The van der Waals surface area contributed by atoms with Crippen molar-refractivity contribution in [3.05, 3.63) is 0 Å². The van der Waals surface area contributed by atoms with E-state index in [1.54, 1.807) is 0 Å². The monoisotopic (exact) mass is 1380 g/mol. The van der Waals surface area contributed by atoms with Gasteiger partial charge in [0, 0.05) is 25.7 Å². The van der Waals surface area contributed by atoms with Gasteiger partial charge in [0.05, 0.1) is 26.4 Å². The van der Waals surface area contributed by atoms with Gasteiger partial charge in [-0.3, -0.25) is 37.3 Å². The van der Waals surface area contributed by atoms with Crippen LogP contribution in [-0.4, -0.2) is 96.7 Å². The molecule has 94 heavy (non-hydrogen) atoms. The number of phosphoric ester groups is 2. The second-order valence-corrected chi connectivity index (χ2v) is 31.4. The lowest BCUT2D eigenvalue weighted by molar-refractivity contribution is -0.161. The maximum atomic E-state index is 13.1. The van der Waals surface area contributed by atoms with Gasteiger partial charge in [-0.25, -0.2) is 9.13 Å². The Bertz CT molecular complexity index is 1850. The molecule has 3 N–H and O–H groups in total. The maximum Gasteiger partial charge on any atom is 0.472 e. The highest BCUT2D eigenvalue weighted by Gasteiger charge is 2.30. The molecule has 0 aliphatic carbocycles. The van der Waals surface area contributed by atoms with Crippen LogP contribution < -0.4 is 0 Å². The van der Waals surface area contributed by atoms with Crippen LogP contribution in [0.5, 0.6) is 0 Å². The highest BCUT2D eigenvalue weighted by Crippen LogP contribution is 2.45. The van der Waals surface area contributed by atoms with Gasteiger partial charge >= 0.3 is 39.5 Å². The van der Waals surface area contributed by atoms with Crippen molar-refractivity contribution in [3.63, 3.8) is 0 Å². The number of aliphatic hydroxyl groups is 1. The summed E-state index contributed by atoms with van der Waals surface area (Å²) in [5.41, 5.74) is 0. The highest BCUT2D eigenvalue weighted by atomic mass is 31.2. The number of esters is 4. The van der Waals surface area contributed by atoms with E-state index in [1.165, 1.54) is 173 Å². The minimum absolute atomic E-state index is 0.105. The fourth-order valence-electron chi connectivity index (χ4n) is 11.3. The predicted octanol–water partition coefficient (Wildman–Crippen LogP) is 21.7. The molecule has 0 fully saturated rings. The van der Waals surface area contributed by atoms with Gasteiger partial charge in [0.2, 0.25) is 0 Å². The summed E-state index contributed by atoms with van der Waals surface area (Å²) >= 11 is 0. The third kappa shape index (κ3) is 66.0. The van der Waals surface area contributed by atoms with Crippen LogP contribution in [0.1, 0.15) is 376 Å². The molecule has 0 amide bonds. The first-order valence-electron chi connectivity index (χ1n) is 38.8. The zero-order valence-corrected chi connectivity index (χ0v) is 63.4. The van der Waals surface area contributed by atoms with E-state index in [9.17, 15) is 43.2 Å². The molecular formula is C75H146O17P2. The van der Waals surface area contributed by atoms with Crippen LogP contribution in [0.3, 0.4) is 0 Å². The normalized spacial score (nSPS) is 14.7. The minimum Gasteiger partial charge on any atom is -0.462 e. The average Bonchev–Trinajstić information content (AvgIpc) is 1.52. The van der Waals surface area contributed by atoms with Crippen molar-refractivity contribution in [3.8, 4) is 0 Å². The molecule has 7 atom stereocenters. The SMILES string of the molecule is CCC(C)CCCCCCCCCCCCC(=O)O[C@H](COC(=O)CCCCCCCCCCC(C)CC)COP(=O)(O)OCC(O)COP(=O)(O)OC[C@@H](COC(=O)CCCCCCCCC(C)C)OC(=O)CCCCCCCCCCCCCCCCCCC(C)C. The first-order chi connectivity index (χ1) is 45.2. The molecule has 0 saturated carbocycles. The summed E-state index contributed by atoms with van der Waals surface area (Å²) in [7, 11) is -9.91. The number of carbonyl (C=O) groups is 4. The first kappa shape index (κ1) is 92.1. The van der Waals surface area contributed by atoms with E-state index < -0.39 is 97.5 Å². The summed E-state index contributed by atoms with van der Waals surface area (Å²) in [5, 5.41) is 10.6. The second-order valence-electron chi connectivity index (χ2n) is 28.5. The van der Waals surface area contributed by atoms with E-state index in [0.29, 0.717) is 31.6 Å². The fraction of sp³-hybridized carbons (Fsp3) is 0.947. The molecule has 0 aromatic rings. The van der Waals surface area contributed by atoms with Gasteiger partial charge in [0.15, 0.2) is 12.2 Å². The average molecular weight is 1380 g/mol. The summed E-state index contributed by atoms with van der Waals surface area (Å²) in [6, 6.07) is 0. The Morgan fingerprint density at radius 3 is 0.755 bits per heavy atom. The molecule has 0 aliphatic rings. The summed E-state index contributed by atoms with van der Waals surface area (Å²) in [4.78, 5) is 72.7. The van der Waals surface area contributed by atoms with Crippen LogP contribution in [0.2, 0.25) is 0 Å². The van der Waals surface area contributed by atoms with Crippen molar-refractivity contribution in [2.45, 2.75) is 395 Å². The molecule has 0 radical (unpaired) electrons. The maximum absolute atomic E-state index is 13.1.